The number of anilines is 1. The highest BCUT2D eigenvalue weighted by atomic mass is 32.2. The quantitative estimate of drug-likeness (QED) is 0.511. The summed E-state index contributed by atoms with van der Waals surface area (Å²) in [6, 6.07) is 16.1. The van der Waals surface area contributed by atoms with Crippen molar-refractivity contribution in [1.82, 2.24) is 14.8 Å². The normalized spacial score (nSPS) is 14.3. The summed E-state index contributed by atoms with van der Waals surface area (Å²) < 4.78 is 0.906. The molecule has 0 radical (unpaired) electrons. The van der Waals surface area contributed by atoms with Crippen molar-refractivity contribution in [2.24, 2.45) is 0 Å². The SMILES string of the molecule is Cc1cccc(C)c1NC(=O)CN1CCN(C(=O)CSc2nc(-c3ccccc3)cs2)CC1. The van der Waals surface area contributed by atoms with Crippen molar-refractivity contribution < 1.29 is 9.59 Å². The van der Waals surface area contributed by atoms with Crippen LogP contribution in [0.1, 0.15) is 11.1 Å². The van der Waals surface area contributed by atoms with Gasteiger partial charge in [-0.2, -0.15) is 0 Å². The molecule has 3 aromatic rings. The lowest BCUT2D eigenvalue weighted by Gasteiger charge is -2.34. The van der Waals surface area contributed by atoms with Crippen LogP contribution in [-0.4, -0.2) is 65.1 Å². The largest absolute Gasteiger partial charge is 0.339 e. The van der Waals surface area contributed by atoms with Gasteiger partial charge in [-0.1, -0.05) is 60.3 Å². The second kappa shape index (κ2) is 11.0. The maximum Gasteiger partial charge on any atom is 0.238 e. The fourth-order valence-electron chi connectivity index (χ4n) is 3.83. The number of carbonyl (C=O) groups is 2. The van der Waals surface area contributed by atoms with Gasteiger partial charge in [0.15, 0.2) is 4.34 Å². The number of amides is 2. The van der Waals surface area contributed by atoms with Crippen molar-refractivity contribution >= 4 is 40.6 Å². The van der Waals surface area contributed by atoms with Crippen molar-refractivity contribution in [2.75, 3.05) is 43.8 Å². The first-order chi connectivity index (χ1) is 16.0. The molecule has 0 aliphatic carbocycles. The molecule has 1 saturated heterocycles. The number of rotatable bonds is 7. The summed E-state index contributed by atoms with van der Waals surface area (Å²) in [5.41, 5.74) is 5.05. The summed E-state index contributed by atoms with van der Waals surface area (Å²) >= 11 is 3.06. The van der Waals surface area contributed by atoms with E-state index in [-0.39, 0.29) is 11.8 Å². The zero-order valence-corrected chi connectivity index (χ0v) is 20.5. The van der Waals surface area contributed by atoms with E-state index in [1.807, 2.05) is 72.7 Å². The maximum absolute atomic E-state index is 12.7. The molecule has 33 heavy (non-hydrogen) atoms. The third-order valence-corrected chi connectivity index (χ3v) is 7.72. The van der Waals surface area contributed by atoms with E-state index in [0.717, 1.165) is 32.4 Å². The first-order valence-corrected chi connectivity index (χ1v) is 12.9. The number of para-hydroxylation sites is 1. The molecule has 8 heteroatoms. The summed E-state index contributed by atoms with van der Waals surface area (Å²) in [4.78, 5) is 33.8. The first-order valence-electron chi connectivity index (χ1n) is 11.0. The summed E-state index contributed by atoms with van der Waals surface area (Å²) in [6.07, 6.45) is 0. The topological polar surface area (TPSA) is 65.5 Å². The summed E-state index contributed by atoms with van der Waals surface area (Å²) in [7, 11) is 0. The lowest BCUT2D eigenvalue weighted by molar-refractivity contribution is -0.130. The summed E-state index contributed by atoms with van der Waals surface area (Å²) in [5.74, 6) is 0.492. The van der Waals surface area contributed by atoms with Crippen LogP contribution in [0.15, 0.2) is 58.3 Å². The molecule has 0 bridgehead atoms. The zero-order valence-electron chi connectivity index (χ0n) is 18.9. The summed E-state index contributed by atoms with van der Waals surface area (Å²) in [5, 5.41) is 5.07. The number of hydrogen-bond donors (Lipinski definition) is 1. The van der Waals surface area contributed by atoms with Gasteiger partial charge in [-0.25, -0.2) is 4.98 Å². The van der Waals surface area contributed by atoms with Crippen LogP contribution >= 0.6 is 23.1 Å². The third kappa shape index (κ3) is 6.22. The maximum atomic E-state index is 12.7. The Morgan fingerprint density at radius 3 is 2.39 bits per heavy atom. The number of nitrogens with zero attached hydrogens (tertiary/aromatic N) is 3. The average Bonchev–Trinajstić information content (AvgIpc) is 3.30. The average molecular weight is 481 g/mol. The van der Waals surface area contributed by atoms with Gasteiger partial charge in [0.25, 0.3) is 0 Å². The van der Waals surface area contributed by atoms with E-state index in [2.05, 4.69) is 15.2 Å². The van der Waals surface area contributed by atoms with Gasteiger partial charge in [-0.05, 0) is 25.0 Å². The molecule has 172 valence electrons. The molecule has 4 rings (SSSR count). The standard InChI is InChI=1S/C25H28N4O2S2/c1-18-7-6-8-19(2)24(18)27-22(30)15-28-11-13-29(14-12-28)23(31)17-33-25-26-21(16-32-25)20-9-4-3-5-10-20/h3-10,16H,11-15,17H2,1-2H3,(H,27,30). The van der Waals surface area contributed by atoms with Gasteiger partial charge in [0.05, 0.1) is 18.0 Å². The molecule has 1 aliphatic rings. The number of nitrogens with one attached hydrogen (secondary N) is 1. The van der Waals surface area contributed by atoms with E-state index in [1.54, 1.807) is 11.3 Å². The lowest BCUT2D eigenvalue weighted by Crippen LogP contribution is -2.50. The van der Waals surface area contributed by atoms with Crippen molar-refractivity contribution in [3.63, 3.8) is 0 Å². The third-order valence-electron chi connectivity index (χ3n) is 5.71. The van der Waals surface area contributed by atoms with E-state index in [0.29, 0.717) is 38.5 Å². The molecular weight excluding hydrogens is 452 g/mol. The molecule has 1 aliphatic heterocycles. The van der Waals surface area contributed by atoms with E-state index in [4.69, 9.17) is 0 Å². The Hall–Kier alpha value is -2.68. The van der Waals surface area contributed by atoms with Crippen LogP contribution in [0.2, 0.25) is 0 Å². The molecular formula is C25H28N4O2S2. The Bertz CT molecular complexity index is 1090. The van der Waals surface area contributed by atoms with Gasteiger partial charge < -0.3 is 10.2 Å². The van der Waals surface area contributed by atoms with Crippen LogP contribution in [0.25, 0.3) is 11.3 Å². The van der Waals surface area contributed by atoms with Crippen LogP contribution in [-0.2, 0) is 9.59 Å². The number of thioether (sulfide) groups is 1. The molecule has 0 spiro atoms. The van der Waals surface area contributed by atoms with E-state index in [1.165, 1.54) is 11.8 Å². The van der Waals surface area contributed by atoms with E-state index in [9.17, 15) is 9.59 Å². The monoisotopic (exact) mass is 480 g/mol. The smallest absolute Gasteiger partial charge is 0.238 e. The Balaban J connectivity index is 1.21. The molecule has 1 N–H and O–H groups in total. The van der Waals surface area contributed by atoms with Crippen LogP contribution < -0.4 is 5.32 Å². The Morgan fingerprint density at radius 1 is 1.00 bits per heavy atom. The van der Waals surface area contributed by atoms with Crippen molar-refractivity contribution in [3.8, 4) is 11.3 Å². The lowest BCUT2D eigenvalue weighted by atomic mass is 10.1. The molecule has 0 saturated carbocycles. The molecule has 0 unspecified atom stereocenters. The van der Waals surface area contributed by atoms with Crippen LogP contribution in [0, 0.1) is 13.8 Å². The molecule has 1 aromatic heterocycles. The Kier molecular flexibility index (Phi) is 7.80. The van der Waals surface area contributed by atoms with Crippen LogP contribution in [0.3, 0.4) is 0 Å². The number of piperazine rings is 1. The van der Waals surface area contributed by atoms with E-state index < -0.39 is 0 Å². The van der Waals surface area contributed by atoms with Crippen molar-refractivity contribution in [3.05, 3.63) is 65.0 Å². The second-order valence-electron chi connectivity index (χ2n) is 8.13. The minimum atomic E-state index is -0.0132. The van der Waals surface area contributed by atoms with Gasteiger partial charge in [-0.3, -0.25) is 14.5 Å². The van der Waals surface area contributed by atoms with Crippen LogP contribution in [0.5, 0.6) is 0 Å². The number of hydrogen-bond acceptors (Lipinski definition) is 6. The predicted octanol–water partition coefficient (Wildman–Crippen LogP) is 4.30. The Labute approximate surface area is 203 Å². The van der Waals surface area contributed by atoms with Gasteiger partial charge in [0.1, 0.15) is 0 Å². The highest BCUT2D eigenvalue weighted by molar-refractivity contribution is 8.01. The van der Waals surface area contributed by atoms with E-state index >= 15 is 0 Å². The highest BCUT2D eigenvalue weighted by Gasteiger charge is 2.23. The number of aryl methyl sites for hydroxylation is 2. The highest BCUT2D eigenvalue weighted by Crippen LogP contribution is 2.28. The van der Waals surface area contributed by atoms with Crippen LogP contribution in [0.4, 0.5) is 5.69 Å². The minimum absolute atomic E-state index is 0.0132. The zero-order chi connectivity index (χ0) is 23.2. The Morgan fingerprint density at radius 2 is 1.70 bits per heavy atom. The number of carbonyl (C=O) groups excluding carboxylic acids is 2. The minimum Gasteiger partial charge on any atom is -0.339 e. The number of thiazole rings is 1. The number of benzene rings is 2. The molecule has 6 nitrogen and oxygen atoms in total. The molecule has 2 amide bonds. The molecule has 1 fully saturated rings. The molecule has 2 aromatic carbocycles. The molecule has 2 heterocycles. The first kappa shape index (κ1) is 23.5. The van der Waals surface area contributed by atoms with Gasteiger partial charge in [0.2, 0.25) is 11.8 Å². The summed E-state index contributed by atoms with van der Waals surface area (Å²) in [6.45, 7) is 7.02. The van der Waals surface area contributed by atoms with Crippen molar-refractivity contribution in [1.29, 1.82) is 0 Å². The van der Waals surface area contributed by atoms with Crippen molar-refractivity contribution in [2.45, 2.75) is 18.2 Å². The number of aromatic nitrogens is 1. The van der Waals surface area contributed by atoms with Gasteiger partial charge >= 0.3 is 0 Å². The fourth-order valence-corrected chi connectivity index (χ4v) is 5.57. The molecule has 0 atom stereocenters. The van der Waals surface area contributed by atoms with Gasteiger partial charge in [-0.15, -0.1) is 11.3 Å². The predicted molar refractivity (Wildman–Crippen MR) is 136 cm³/mol. The second-order valence-corrected chi connectivity index (χ2v) is 10.2. The van der Waals surface area contributed by atoms with Gasteiger partial charge in [0, 0.05) is 42.8 Å². The fraction of sp³-hybridized carbons (Fsp3) is 0.320.